The third kappa shape index (κ3) is 3.34. The molecule has 0 saturated heterocycles. The van der Waals surface area contributed by atoms with E-state index in [1.54, 1.807) is 11.7 Å². The molecule has 0 unspecified atom stereocenters. The molecular weight excluding hydrogens is 396 g/mol. The molecule has 0 N–H and O–H groups in total. The van der Waals surface area contributed by atoms with Crippen LogP contribution >= 0.6 is 0 Å². The van der Waals surface area contributed by atoms with Gasteiger partial charge in [-0.15, -0.1) is 0 Å². The highest BCUT2D eigenvalue weighted by atomic mass is 16.6. The Hall–Kier alpha value is -2.71. The molecule has 166 valence electrons. The quantitative estimate of drug-likeness (QED) is 0.520. The molecule has 31 heavy (non-hydrogen) atoms. The van der Waals surface area contributed by atoms with E-state index in [0.29, 0.717) is 24.3 Å². The number of hydrogen-bond acceptors (Lipinski definition) is 5. The number of rotatable bonds is 6. The van der Waals surface area contributed by atoms with E-state index in [-0.39, 0.29) is 16.9 Å². The molecule has 0 spiro atoms. The van der Waals surface area contributed by atoms with Crippen LogP contribution in [0, 0.1) is 34.8 Å². The monoisotopic (exact) mass is 426 g/mol. The van der Waals surface area contributed by atoms with Crippen molar-refractivity contribution in [1.82, 2.24) is 24.5 Å². The van der Waals surface area contributed by atoms with Crippen LogP contribution in [0.25, 0.3) is 0 Å². The van der Waals surface area contributed by atoms with Gasteiger partial charge in [0.15, 0.2) is 0 Å². The van der Waals surface area contributed by atoms with E-state index in [9.17, 15) is 14.9 Å². The molecule has 0 aromatic carbocycles. The summed E-state index contributed by atoms with van der Waals surface area (Å²) in [5, 5.41) is 20.8. The summed E-state index contributed by atoms with van der Waals surface area (Å²) in [5.74, 6) is 1.65. The largest absolute Gasteiger partial charge is 0.336 e. The first kappa shape index (κ1) is 20.2. The molecule has 9 nitrogen and oxygen atoms in total. The van der Waals surface area contributed by atoms with E-state index in [1.807, 2.05) is 24.7 Å². The standard InChI is InChI=1S/C22H30N6O3/c1-4-26-12-18(14(2)23-26)11-25(3)21(29)20-19(28(30)31)13-27(24-20)22-8-15-5-16(9-22)7-17(6-15)10-22/h12-13,15-17H,4-11H2,1-3H3. The Balaban J connectivity index is 1.44. The van der Waals surface area contributed by atoms with Crippen molar-refractivity contribution < 1.29 is 9.72 Å². The fourth-order valence-electron chi connectivity index (χ4n) is 6.62. The molecule has 0 aliphatic heterocycles. The lowest BCUT2D eigenvalue weighted by molar-refractivity contribution is -0.385. The zero-order valence-electron chi connectivity index (χ0n) is 18.5. The lowest BCUT2D eigenvalue weighted by Gasteiger charge is -2.56. The van der Waals surface area contributed by atoms with Gasteiger partial charge in [0.2, 0.25) is 5.69 Å². The smallest absolute Gasteiger partial charge is 0.320 e. The predicted molar refractivity (Wildman–Crippen MR) is 113 cm³/mol. The first-order valence-electron chi connectivity index (χ1n) is 11.3. The zero-order chi connectivity index (χ0) is 21.9. The second kappa shape index (κ2) is 7.17. The molecular formula is C22H30N6O3. The van der Waals surface area contributed by atoms with Crippen molar-refractivity contribution in [1.29, 1.82) is 0 Å². The number of amides is 1. The molecule has 2 aromatic heterocycles. The van der Waals surface area contributed by atoms with Crippen LogP contribution in [0.1, 0.15) is 67.2 Å². The van der Waals surface area contributed by atoms with Gasteiger partial charge in [-0.2, -0.15) is 10.2 Å². The zero-order valence-corrected chi connectivity index (χ0v) is 18.5. The van der Waals surface area contributed by atoms with Crippen LogP contribution in [0.5, 0.6) is 0 Å². The van der Waals surface area contributed by atoms with Gasteiger partial charge in [-0.25, -0.2) is 0 Å². The number of hydrogen-bond donors (Lipinski definition) is 0. The van der Waals surface area contributed by atoms with Gasteiger partial charge in [0.25, 0.3) is 5.91 Å². The maximum Gasteiger partial charge on any atom is 0.320 e. The highest BCUT2D eigenvalue weighted by molar-refractivity contribution is 5.95. The minimum Gasteiger partial charge on any atom is -0.336 e. The molecule has 4 aliphatic rings. The molecule has 4 saturated carbocycles. The van der Waals surface area contributed by atoms with E-state index in [0.717, 1.165) is 37.1 Å². The highest BCUT2D eigenvalue weighted by Gasteiger charge is 2.53. The van der Waals surface area contributed by atoms with Crippen molar-refractivity contribution >= 4 is 11.6 Å². The van der Waals surface area contributed by atoms with Crippen LogP contribution in [0.3, 0.4) is 0 Å². The van der Waals surface area contributed by atoms with Crippen molar-refractivity contribution in [3.63, 3.8) is 0 Å². The average Bonchev–Trinajstić information content (AvgIpc) is 3.31. The molecule has 4 aliphatic carbocycles. The van der Waals surface area contributed by atoms with Crippen LogP contribution < -0.4 is 0 Å². The minimum atomic E-state index is -0.467. The number of nitro groups is 1. The molecule has 0 radical (unpaired) electrons. The van der Waals surface area contributed by atoms with Gasteiger partial charge in [-0.1, -0.05) is 0 Å². The number of aromatic nitrogens is 4. The molecule has 0 atom stereocenters. The van der Waals surface area contributed by atoms with Crippen molar-refractivity contribution in [3.05, 3.63) is 39.5 Å². The number of aryl methyl sites for hydroxylation is 2. The van der Waals surface area contributed by atoms with Gasteiger partial charge < -0.3 is 4.90 Å². The first-order chi connectivity index (χ1) is 14.8. The third-order valence-electron chi connectivity index (χ3n) is 7.71. The van der Waals surface area contributed by atoms with E-state index in [2.05, 4.69) is 10.2 Å². The maximum absolute atomic E-state index is 13.2. The van der Waals surface area contributed by atoms with Gasteiger partial charge in [0.1, 0.15) is 6.20 Å². The Bertz CT molecular complexity index is 1000. The summed E-state index contributed by atoms with van der Waals surface area (Å²) in [6.45, 7) is 5.00. The van der Waals surface area contributed by atoms with E-state index >= 15 is 0 Å². The van der Waals surface area contributed by atoms with Crippen molar-refractivity contribution in [2.75, 3.05) is 7.05 Å². The first-order valence-corrected chi connectivity index (χ1v) is 11.3. The van der Waals surface area contributed by atoms with Crippen molar-refractivity contribution in [2.24, 2.45) is 17.8 Å². The number of carbonyl (C=O) groups is 1. The van der Waals surface area contributed by atoms with Gasteiger partial charge in [-0.05, 0) is 70.1 Å². The summed E-state index contributed by atoms with van der Waals surface area (Å²) >= 11 is 0. The van der Waals surface area contributed by atoms with Gasteiger partial charge >= 0.3 is 5.69 Å². The molecule has 6 rings (SSSR count). The third-order valence-corrected chi connectivity index (χ3v) is 7.71. The number of nitrogens with zero attached hydrogens (tertiary/aromatic N) is 6. The summed E-state index contributed by atoms with van der Waals surface area (Å²) in [6, 6.07) is 0. The molecule has 4 fully saturated rings. The summed E-state index contributed by atoms with van der Waals surface area (Å²) in [7, 11) is 1.67. The summed E-state index contributed by atoms with van der Waals surface area (Å²) in [4.78, 5) is 26.1. The van der Waals surface area contributed by atoms with E-state index in [4.69, 9.17) is 0 Å². The maximum atomic E-state index is 13.2. The fraction of sp³-hybridized carbons (Fsp3) is 0.682. The second-order valence-corrected chi connectivity index (χ2v) is 9.96. The molecule has 2 heterocycles. The minimum absolute atomic E-state index is 0.0521. The second-order valence-electron chi connectivity index (χ2n) is 9.96. The normalized spacial score (nSPS) is 28.8. The van der Waals surface area contributed by atoms with Crippen LogP contribution in [-0.4, -0.2) is 42.3 Å². The fourth-order valence-corrected chi connectivity index (χ4v) is 6.62. The van der Waals surface area contributed by atoms with Crippen LogP contribution in [-0.2, 0) is 18.6 Å². The Labute approximate surface area is 181 Å². The lowest BCUT2D eigenvalue weighted by Crippen LogP contribution is -2.52. The Morgan fingerprint density at radius 3 is 2.32 bits per heavy atom. The van der Waals surface area contributed by atoms with Crippen molar-refractivity contribution in [2.45, 2.75) is 71.0 Å². The summed E-state index contributed by atoms with van der Waals surface area (Å²) in [6.07, 6.45) is 10.4. The van der Waals surface area contributed by atoms with Crippen LogP contribution in [0.2, 0.25) is 0 Å². The molecule has 1 amide bonds. The SMILES string of the molecule is CCn1cc(CN(C)C(=O)c2nn(C34CC5CC(CC(C5)C3)C4)cc2[N+](=O)[O-])c(C)n1. The van der Waals surface area contributed by atoms with Gasteiger partial charge in [0.05, 0.1) is 16.2 Å². The van der Waals surface area contributed by atoms with Crippen molar-refractivity contribution in [3.8, 4) is 0 Å². The van der Waals surface area contributed by atoms with Gasteiger partial charge in [0, 0.05) is 31.9 Å². The molecule has 9 heteroatoms. The predicted octanol–water partition coefficient (Wildman–Crippen LogP) is 3.51. The van der Waals surface area contributed by atoms with E-state index < -0.39 is 10.8 Å². The Kier molecular flexibility index (Phi) is 4.67. The van der Waals surface area contributed by atoms with E-state index in [1.165, 1.54) is 30.4 Å². The average molecular weight is 427 g/mol. The summed E-state index contributed by atoms with van der Waals surface area (Å²) in [5.41, 5.74) is 1.39. The highest BCUT2D eigenvalue weighted by Crippen LogP contribution is 2.58. The van der Waals surface area contributed by atoms with Crippen LogP contribution in [0.15, 0.2) is 12.4 Å². The Morgan fingerprint density at radius 1 is 1.19 bits per heavy atom. The van der Waals surface area contributed by atoms with Crippen LogP contribution in [0.4, 0.5) is 5.69 Å². The molecule has 2 aromatic rings. The number of carbonyl (C=O) groups excluding carboxylic acids is 1. The molecule has 4 bridgehead atoms. The lowest BCUT2D eigenvalue weighted by atomic mass is 9.53. The summed E-state index contributed by atoms with van der Waals surface area (Å²) < 4.78 is 3.63. The Morgan fingerprint density at radius 2 is 1.81 bits per heavy atom. The topological polar surface area (TPSA) is 99.1 Å². The van der Waals surface area contributed by atoms with Gasteiger partial charge in [-0.3, -0.25) is 24.3 Å².